The van der Waals surface area contributed by atoms with Gasteiger partial charge < -0.3 is 10.1 Å². The molecule has 0 saturated carbocycles. The third-order valence-corrected chi connectivity index (χ3v) is 4.66. The van der Waals surface area contributed by atoms with E-state index in [4.69, 9.17) is 9.72 Å². The van der Waals surface area contributed by atoms with Crippen molar-refractivity contribution >= 4 is 22.7 Å². The van der Waals surface area contributed by atoms with E-state index in [1.54, 1.807) is 29.8 Å². The van der Waals surface area contributed by atoms with Gasteiger partial charge in [-0.3, -0.25) is 0 Å². The molecule has 1 aliphatic heterocycles. The fraction of sp³-hybridized carbons (Fsp3) is 0.417. The lowest BCUT2D eigenvalue weighted by Crippen LogP contribution is -2.16. The summed E-state index contributed by atoms with van der Waals surface area (Å²) in [6.45, 7) is 0.923. The molecule has 1 aliphatic rings. The van der Waals surface area contributed by atoms with Gasteiger partial charge in [-0.2, -0.15) is 11.3 Å². The molecule has 2 atom stereocenters. The van der Waals surface area contributed by atoms with Gasteiger partial charge in [0.2, 0.25) is 0 Å². The fourth-order valence-electron chi connectivity index (χ4n) is 2.07. The van der Waals surface area contributed by atoms with Crippen molar-refractivity contribution in [3.63, 3.8) is 0 Å². The van der Waals surface area contributed by atoms with E-state index in [1.165, 1.54) is 5.56 Å². The molecule has 0 bridgehead atoms. The maximum absolute atomic E-state index is 5.36. The summed E-state index contributed by atoms with van der Waals surface area (Å²) in [5.74, 6) is 0. The highest BCUT2D eigenvalue weighted by Crippen LogP contribution is 2.31. The van der Waals surface area contributed by atoms with Crippen LogP contribution in [0, 0.1) is 0 Å². The number of thiophene rings is 1. The van der Waals surface area contributed by atoms with Crippen LogP contribution in [0.15, 0.2) is 22.2 Å². The molecule has 3 rings (SSSR count). The largest absolute Gasteiger partial charge is 0.380 e. The first kappa shape index (κ1) is 11.3. The molecule has 2 aromatic rings. The SMILES string of the molecule is COC1CNC(c2csc(-c3ccsc3)n2)C1. The number of aromatic nitrogens is 1. The standard InChI is InChI=1S/C12H14N2OS2/c1-15-9-4-10(13-5-9)11-7-17-12(14-11)8-2-3-16-6-8/h2-3,6-7,9-10,13H,4-5H2,1H3. The molecular weight excluding hydrogens is 252 g/mol. The summed E-state index contributed by atoms with van der Waals surface area (Å²) in [6.07, 6.45) is 1.34. The highest BCUT2D eigenvalue weighted by Gasteiger charge is 2.26. The van der Waals surface area contributed by atoms with Crippen LogP contribution in [0.2, 0.25) is 0 Å². The molecule has 1 fully saturated rings. The Bertz CT molecular complexity index is 480. The molecule has 2 aromatic heterocycles. The Kier molecular flexibility index (Phi) is 3.24. The Labute approximate surface area is 108 Å². The summed E-state index contributed by atoms with van der Waals surface area (Å²) in [4.78, 5) is 4.71. The van der Waals surface area contributed by atoms with Gasteiger partial charge in [0.15, 0.2) is 0 Å². The zero-order valence-electron chi connectivity index (χ0n) is 9.55. The van der Waals surface area contributed by atoms with Crippen LogP contribution in [0.4, 0.5) is 0 Å². The van der Waals surface area contributed by atoms with Crippen molar-refractivity contribution in [2.24, 2.45) is 0 Å². The zero-order valence-corrected chi connectivity index (χ0v) is 11.2. The van der Waals surface area contributed by atoms with E-state index in [0.717, 1.165) is 23.7 Å². The zero-order chi connectivity index (χ0) is 11.7. The smallest absolute Gasteiger partial charge is 0.124 e. The van der Waals surface area contributed by atoms with Gasteiger partial charge in [0.05, 0.1) is 17.8 Å². The Morgan fingerprint density at radius 3 is 3.12 bits per heavy atom. The van der Waals surface area contributed by atoms with E-state index in [1.807, 2.05) is 0 Å². The predicted molar refractivity (Wildman–Crippen MR) is 71.6 cm³/mol. The Morgan fingerprint density at radius 1 is 1.47 bits per heavy atom. The third-order valence-electron chi connectivity index (χ3n) is 3.07. The Morgan fingerprint density at radius 2 is 2.41 bits per heavy atom. The lowest BCUT2D eigenvalue weighted by Gasteiger charge is -2.06. The molecule has 0 spiro atoms. The molecular formula is C12H14N2OS2. The monoisotopic (exact) mass is 266 g/mol. The van der Waals surface area contributed by atoms with E-state index >= 15 is 0 Å². The molecule has 3 heterocycles. The summed E-state index contributed by atoms with van der Waals surface area (Å²) in [6, 6.07) is 2.47. The Balaban J connectivity index is 1.77. The van der Waals surface area contributed by atoms with Crippen LogP contribution >= 0.6 is 22.7 Å². The predicted octanol–water partition coefficient (Wildman–Crippen LogP) is 2.92. The van der Waals surface area contributed by atoms with Crippen molar-refractivity contribution in [3.8, 4) is 10.6 Å². The molecule has 1 saturated heterocycles. The number of thiazole rings is 1. The third kappa shape index (κ3) is 2.28. The second kappa shape index (κ2) is 4.86. The number of hydrogen-bond donors (Lipinski definition) is 1. The van der Waals surface area contributed by atoms with Gasteiger partial charge in [0.1, 0.15) is 5.01 Å². The van der Waals surface area contributed by atoms with Crippen LogP contribution in [0.25, 0.3) is 10.6 Å². The van der Waals surface area contributed by atoms with Crippen LogP contribution in [-0.4, -0.2) is 24.7 Å². The van der Waals surface area contributed by atoms with E-state index in [9.17, 15) is 0 Å². The molecule has 0 radical (unpaired) electrons. The summed E-state index contributed by atoms with van der Waals surface area (Å²) in [7, 11) is 1.77. The highest BCUT2D eigenvalue weighted by atomic mass is 32.1. The lowest BCUT2D eigenvalue weighted by molar-refractivity contribution is 0.117. The number of hydrogen-bond acceptors (Lipinski definition) is 5. The summed E-state index contributed by atoms with van der Waals surface area (Å²) in [5.41, 5.74) is 2.38. The topological polar surface area (TPSA) is 34.1 Å². The minimum atomic E-state index is 0.325. The van der Waals surface area contributed by atoms with Crippen molar-refractivity contribution in [2.45, 2.75) is 18.6 Å². The maximum atomic E-state index is 5.36. The van der Waals surface area contributed by atoms with Gasteiger partial charge in [-0.15, -0.1) is 11.3 Å². The molecule has 1 N–H and O–H groups in total. The average molecular weight is 266 g/mol. The first-order chi connectivity index (χ1) is 8.36. The number of ether oxygens (including phenoxy) is 1. The normalized spacial score (nSPS) is 24.3. The van der Waals surface area contributed by atoms with Gasteiger partial charge in [-0.05, 0) is 17.9 Å². The molecule has 2 unspecified atom stereocenters. The van der Waals surface area contributed by atoms with E-state index < -0.39 is 0 Å². The van der Waals surface area contributed by atoms with Gasteiger partial charge >= 0.3 is 0 Å². The van der Waals surface area contributed by atoms with Crippen molar-refractivity contribution in [1.29, 1.82) is 0 Å². The van der Waals surface area contributed by atoms with Crippen LogP contribution in [0.5, 0.6) is 0 Å². The second-order valence-electron chi connectivity index (χ2n) is 4.14. The number of nitrogens with zero attached hydrogens (tertiary/aromatic N) is 1. The van der Waals surface area contributed by atoms with Crippen LogP contribution in [0.3, 0.4) is 0 Å². The molecule has 0 aromatic carbocycles. The van der Waals surface area contributed by atoms with Crippen LogP contribution in [-0.2, 0) is 4.74 Å². The van der Waals surface area contributed by atoms with Crippen LogP contribution in [0.1, 0.15) is 18.2 Å². The first-order valence-electron chi connectivity index (χ1n) is 5.61. The molecule has 3 nitrogen and oxygen atoms in total. The fourth-order valence-corrected chi connectivity index (χ4v) is 3.66. The average Bonchev–Trinajstić information content (AvgIpc) is 3.09. The first-order valence-corrected chi connectivity index (χ1v) is 7.43. The van der Waals surface area contributed by atoms with Gasteiger partial charge in [-0.1, -0.05) is 0 Å². The van der Waals surface area contributed by atoms with Crippen molar-refractivity contribution in [2.75, 3.05) is 13.7 Å². The number of rotatable bonds is 3. The summed E-state index contributed by atoms with van der Waals surface area (Å²) < 4.78 is 5.36. The maximum Gasteiger partial charge on any atom is 0.124 e. The summed E-state index contributed by atoms with van der Waals surface area (Å²) in [5, 5.41) is 11.0. The molecule has 17 heavy (non-hydrogen) atoms. The molecule has 5 heteroatoms. The molecule has 90 valence electrons. The molecule has 0 aliphatic carbocycles. The minimum Gasteiger partial charge on any atom is -0.380 e. The van der Waals surface area contributed by atoms with Crippen molar-refractivity contribution in [3.05, 3.63) is 27.9 Å². The van der Waals surface area contributed by atoms with Gasteiger partial charge in [0, 0.05) is 30.0 Å². The van der Waals surface area contributed by atoms with Crippen molar-refractivity contribution < 1.29 is 4.74 Å². The summed E-state index contributed by atoms with van der Waals surface area (Å²) >= 11 is 3.43. The van der Waals surface area contributed by atoms with E-state index in [2.05, 4.69) is 27.5 Å². The minimum absolute atomic E-state index is 0.325. The lowest BCUT2D eigenvalue weighted by atomic mass is 10.1. The van der Waals surface area contributed by atoms with E-state index in [0.29, 0.717) is 12.1 Å². The van der Waals surface area contributed by atoms with Crippen molar-refractivity contribution in [1.82, 2.24) is 10.3 Å². The number of nitrogens with one attached hydrogen (secondary N) is 1. The van der Waals surface area contributed by atoms with Crippen LogP contribution < -0.4 is 5.32 Å². The molecule has 0 amide bonds. The van der Waals surface area contributed by atoms with Gasteiger partial charge in [0.25, 0.3) is 0 Å². The Hall–Kier alpha value is -0.750. The van der Waals surface area contributed by atoms with Gasteiger partial charge in [-0.25, -0.2) is 4.98 Å². The van der Waals surface area contributed by atoms with E-state index in [-0.39, 0.29) is 0 Å². The quantitative estimate of drug-likeness (QED) is 0.927. The highest BCUT2D eigenvalue weighted by molar-refractivity contribution is 7.14. The number of methoxy groups -OCH3 is 1. The second-order valence-corrected chi connectivity index (χ2v) is 5.78.